The predicted octanol–water partition coefficient (Wildman–Crippen LogP) is 2.64. The second-order valence-electron chi connectivity index (χ2n) is 7.18. The van der Waals surface area contributed by atoms with Crippen LogP contribution < -0.4 is 0 Å². The highest BCUT2D eigenvalue weighted by Gasteiger charge is 2.62. The van der Waals surface area contributed by atoms with Crippen LogP contribution in [0.2, 0.25) is 0 Å². The molecule has 2 aromatic rings. The monoisotopic (exact) mass is 331 g/mol. The van der Waals surface area contributed by atoms with Gasteiger partial charge < -0.3 is 0 Å². The van der Waals surface area contributed by atoms with E-state index in [2.05, 4.69) is 0 Å². The first-order valence-corrected chi connectivity index (χ1v) is 8.67. The van der Waals surface area contributed by atoms with Crippen LogP contribution in [0, 0.1) is 11.8 Å². The molecule has 0 aromatic heterocycles. The van der Waals surface area contributed by atoms with E-state index in [1.165, 1.54) is 4.90 Å². The number of amides is 2. The summed E-state index contributed by atoms with van der Waals surface area (Å²) >= 11 is 0. The first-order valence-electron chi connectivity index (χ1n) is 8.67. The lowest BCUT2D eigenvalue weighted by Gasteiger charge is -2.43. The van der Waals surface area contributed by atoms with E-state index in [0.717, 1.165) is 16.7 Å². The van der Waals surface area contributed by atoms with Gasteiger partial charge in [0.1, 0.15) is 5.78 Å². The van der Waals surface area contributed by atoms with Crippen molar-refractivity contribution >= 4 is 17.6 Å². The summed E-state index contributed by atoms with van der Waals surface area (Å²) < 4.78 is 0. The van der Waals surface area contributed by atoms with Crippen LogP contribution in [0.3, 0.4) is 0 Å². The topological polar surface area (TPSA) is 54.5 Å². The molecule has 6 rings (SSSR count). The molecule has 0 spiro atoms. The highest BCUT2D eigenvalue weighted by Crippen LogP contribution is 2.57. The number of hydrogen-bond donors (Lipinski definition) is 0. The zero-order chi connectivity index (χ0) is 17.1. The van der Waals surface area contributed by atoms with E-state index in [-0.39, 0.29) is 36.0 Å². The van der Waals surface area contributed by atoms with Crippen LogP contribution in [-0.2, 0) is 20.9 Å². The molecule has 25 heavy (non-hydrogen) atoms. The Bertz CT molecular complexity index is 904. The maximum absolute atomic E-state index is 13.1. The molecule has 1 aliphatic heterocycles. The molecular weight excluding hydrogens is 314 g/mol. The van der Waals surface area contributed by atoms with Gasteiger partial charge in [0, 0.05) is 12.3 Å². The van der Waals surface area contributed by atoms with Crippen molar-refractivity contribution in [2.24, 2.45) is 11.8 Å². The van der Waals surface area contributed by atoms with E-state index in [1.807, 2.05) is 54.6 Å². The molecule has 2 bridgehead atoms. The van der Waals surface area contributed by atoms with Crippen LogP contribution in [0.5, 0.6) is 0 Å². The van der Waals surface area contributed by atoms with Gasteiger partial charge in [-0.25, -0.2) is 0 Å². The van der Waals surface area contributed by atoms with Gasteiger partial charge in [0.15, 0.2) is 0 Å². The fourth-order valence-corrected chi connectivity index (χ4v) is 4.94. The minimum absolute atomic E-state index is 0.104. The highest BCUT2D eigenvalue weighted by molar-refractivity contribution is 6.11. The van der Waals surface area contributed by atoms with Gasteiger partial charge in [-0.05, 0) is 16.7 Å². The fraction of sp³-hybridized carbons (Fsp3) is 0.286. The first kappa shape index (κ1) is 14.6. The molecule has 124 valence electrons. The smallest absolute Gasteiger partial charge is 0.234 e. The number of carbonyl (C=O) groups excluding carboxylic acids is 3. The van der Waals surface area contributed by atoms with Gasteiger partial charge in [0.2, 0.25) is 11.8 Å². The largest absolute Gasteiger partial charge is 0.299 e. The van der Waals surface area contributed by atoms with Crippen molar-refractivity contribution in [3.8, 4) is 0 Å². The molecule has 0 radical (unpaired) electrons. The summed E-state index contributed by atoms with van der Waals surface area (Å²) in [5, 5.41) is 0. The zero-order valence-corrected chi connectivity index (χ0v) is 13.6. The number of benzene rings is 2. The molecular formula is C21H17NO3. The lowest BCUT2D eigenvalue weighted by Crippen LogP contribution is -2.44. The fourth-order valence-electron chi connectivity index (χ4n) is 4.94. The number of likely N-dealkylation sites (tertiary alicyclic amines) is 1. The summed E-state index contributed by atoms with van der Waals surface area (Å²) in [7, 11) is 0. The normalized spacial score (nSPS) is 29.8. The van der Waals surface area contributed by atoms with Crippen molar-refractivity contribution in [1.29, 1.82) is 0 Å². The van der Waals surface area contributed by atoms with Crippen molar-refractivity contribution < 1.29 is 14.4 Å². The summed E-state index contributed by atoms with van der Waals surface area (Å²) in [5.41, 5.74) is 2.96. The molecule has 4 heteroatoms. The Morgan fingerprint density at radius 3 is 2.20 bits per heavy atom. The van der Waals surface area contributed by atoms with Crippen LogP contribution in [0.25, 0.3) is 0 Å². The number of ketones is 1. The molecule has 1 heterocycles. The van der Waals surface area contributed by atoms with Crippen molar-refractivity contribution in [3.63, 3.8) is 0 Å². The van der Waals surface area contributed by atoms with Gasteiger partial charge in [-0.3, -0.25) is 19.3 Å². The Hall–Kier alpha value is -2.75. The number of hydrogen-bond acceptors (Lipinski definition) is 3. The minimum Gasteiger partial charge on any atom is -0.299 e. The summed E-state index contributed by atoms with van der Waals surface area (Å²) in [5.74, 6) is -1.70. The van der Waals surface area contributed by atoms with Crippen molar-refractivity contribution in [2.75, 3.05) is 0 Å². The zero-order valence-electron chi connectivity index (χ0n) is 13.6. The minimum atomic E-state index is -0.516. The number of rotatable bonds is 2. The van der Waals surface area contributed by atoms with E-state index < -0.39 is 11.8 Å². The van der Waals surface area contributed by atoms with Gasteiger partial charge in [0.05, 0.1) is 24.3 Å². The maximum atomic E-state index is 13.1. The average molecular weight is 331 g/mol. The summed E-state index contributed by atoms with van der Waals surface area (Å²) in [6.45, 7) is 0.287. The second-order valence-corrected chi connectivity index (χ2v) is 7.18. The molecule has 2 fully saturated rings. The molecule has 3 aliphatic carbocycles. The maximum Gasteiger partial charge on any atom is 0.234 e. The third-order valence-electron chi connectivity index (χ3n) is 5.96. The van der Waals surface area contributed by atoms with Crippen LogP contribution in [-0.4, -0.2) is 22.5 Å². The third kappa shape index (κ3) is 1.91. The van der Waals surface area contributed by atoms with Gasteiger partial charge >= 0.3 is 0 Å². The molecule has 1 saturated heterocycles. The highest BCUT2D eigenvalue weighted by atomic mass is 16.2. The Morgan fingerprint density at radius 2 is 1.44 bits per heavy atom. The van der Waals surface area contributed by atoms with E-state index in [9.17, 15) is 14.4 Å². The Morgan fingerprint density at radius 1 is 0.800 bits per heavy atom. The predicted molar refractivity (Wildman–Crippen MR) is 90.5 cm³/mol. The number of nitrogens with zero attached hydrogens (tertiary/aromatic N) is 1. The molecule has 0 N–H and O–H groups in total. The Labute approximate surface area is 145 Å². The lowest BCUT2D eigenvalue weighted by atomic mass is 9.56. The molecule has 2 aromatic carbocycles. The van der Waals surface area contributed by atoms with Crippen molar-refractivity contribution in [2.45, 2.75) is 24.8 Å². The molecule has 4 aliphatic rings. The number of carbonyl (C=O) groups is 3. The molecule has 1 saturated carbocycles. The van der Waals surface area contributed by atoms with Gasteiger partial charge in [0.25, 0.3) is 0 Å². The first-order chi connectivity index (χ1) is 12.2. The summed E-state index contributed by atoms with van der Waals surface area (Å²) in [6.07, 6.45) is 0.376. The third-order valence-corrected chi connectivity index (χ3v) is 5.96. The van der Waals surface area contributed by atoms with Crippen molar-refractivity contribution in [1.82, 2.24) is 4.90 Å². The van der Waals surface area contributed by atoms with Crippen LogP contribution >= 0.6 is 0 Å². The van der Waals surface area contributed by atoms with Crippen molar-refractivity contribution in [3.05, 3.63) is 71.3 Å². The van der Waals surface area contributed by atoms with Gasteiger partial charge in [-0.2, -0.15) is 0 Å². The molecule has 4 atom stereocenters. The van der Waals surface area contributed by atoms with E-state index in [4.69, 9.17) is 0 Å². The van der Waals surface area contributed by atoms with Crippen LogP contribution in [0.1, 0.15) is 34.9 Å². The van der Waals surface area contributed by atoms with Crippen LogP contribution in [0.4, 0.5) is 0 Å². The molecule has 2 amide bonds. The average Bonchev–Trinajstić information content (AvgIpc) is 2.89. The number of Topliss-reactive ketones (excluding diaryl/α,β-unsaturated/α-hetero) is 1. The summed E-state index contributed by atoms with van der Waals surface area (Å²) in [6, 6.07) is 17.3. The molecule has 4 nitrogen and oxygen atoms in total. The Kier molecular flexibility index (Phi) is 2.99. The lowest BCUT2D eigenvalue weighted by molar-refractivity contribution is -0.141. The van der Waals surface area contributed by atoms with E-state index >= 15 is 0 Å². The van der Waals surface area contributed by atoms with E-state index in [1.54, 1.807) is 0 Å². The quantitative estimate of drug-likeness (QED) is 0.795. The standard InChI is InChI=1S/C21H17NO3/c23-16-10-15-13-8-4-5-9-14(13)17(16)19-18(15)20(24)22(21(19)25)11-12-6-2-1-3-7-12/h1-9,15,17-19H,10-11H2/t15-,17+,18+,19-/m0/s1. The number of imide groups is 1. The Balaban J connectivity index is 1.57. The second kappa shape index (κ2) is 5.12. The van der Waals surface area contributed by atoms with Crippen LogP contribution in [0.15, 0.2) is 54.6 Å². The summed E-state index contributed by atoms with van der Waals surface area (Å²) in [4.78, 5) is 40.1. The SMILES string of the molecule is O=C1C[C@H]2c3ccccc3[C@H]1[C@@H]1C(=O)N(Cc3ccccc3)C(=O)[C@@H]12. The number of fused-ring (bicyclic) bond motifs is 1. The molecule has 0 unspecified atom stereocenters. The van der Waals surface area contributed by atoms with Gasteiger partial charge in [-0.1, -0.05) is 54.6 Å². The van der Waals surface area contributed by atoms with E-state index in [0.29, 0.717) is 6.42 Å². The van der Waals surface area contributed by atoms with Gasteiger partial charge in [-0.15, -0.1) is 0 Å².